The van der Waals surface area contributed by atoms with Crippen molar-refractivity contribution in [2.75, 3.05) is 0 Å². The van der Waals surface area contributed by atoms with Gasteiger partial charge in [0.25, 0.3) is 5.69 Å². The number of benzene rings is 5. The maximum atomic E-state index is 11.7. The molecule has 5 aromatic carbocycles. The van der Waals surface area contributed by atoms with Gasteiger partial charge in [-0.15, -0.1) is 0 Å². The fourth-order valence-corrected chi connectivity index (χ4v) is 5.53. The third kappa shape index (κ3) is 3.34. The SMILES string of the molecule is O=[N+]([O-])c1cccc(Br)c1-c1cccc(-c2c(Br)c3ccccc3c3ccccc23)c1. The molecule has 5 rings (SSSR count). The van der Waals surface area contributed by atoms with Gasteiger partial charge in [0.1, 0.15) is 0 Å². The van der Waals surface area contributed by atoms with Gasteiger partial charge in [-0.2, -0.15) is 0 Å². The molecular weight excluding hydrogens is 518 g/mol. The first kappa shape index (κ1) is 19.9. The van der Waals surface area contributed by atoms with Crippen molar-refractivity contribution >= 4 is 59.1 Å². The van der Waals surface area contributed by atoms with E-state index in [-0.39, 0.29) is 10.6 Å². The number of hydrogen-bond donors (Lipinski definition) is 0. The van der Waals surface area contributed by atoms with Crippen LogP contribution in [0.3, 0.4) is 0 Å². The van der Waals surface area contributed by atoms with Gasteiger partial charge in [0.15, 0.2) is 0 Å². The Bertz CT molecular complexity index is 1490. The van der Waals surface area contributed by atoms with Crippen molar-refractivity contribution in [2.45, 2.75) is 0 Å². The lowest BCUT2D eigenvalue weighted by molar-refractivity contribution is -0.384. The van der Waals surface area contributed by atoms with Gasteiger partial charge in [-0.05, 0) is 76.7 Å². The summed E-state index contributed by atoms with van der Waals surface area (Å²) in [4.78, 5) is 11.3. The molecule has 0 unspecified atom stereocenters. The summed E-state index contributed by atoms with van der Waals surface area (Å²) < 4.78 is 1.71. The smallest absolute Gasteiger partial charge is 0.258 e. The second-order valence-corrected chi connectivity index (χ2v) is 8.90. The summed E-state index contributed by atoms with van der Waals surface area (Å²) in [6.07, 6.45) is 0. The number of nitro benzene ring substituents is 1. The van der Waals surface area contributed by atoms with Gasteiger partial charge in [0.2, 0.25) is 0 Å². The standard InChI is InChI=1S/C26H15Br2NO2/c27-22-13-6-14-23(29(30)31)25(22)17-8-5-7-16(15-17)24-20-11-3-1-9-18(20)19-10-2-4-12-21(19)26(24)28/h1-15H. The summed E-state index contributed by atoms with van der Waals surface area (Å²) in [5.41, 5.74) is 3.52. The van der Waals surface area contributed by atoms with Gasteiger partial charge in [0.05, 0.1) is 10.5 Å². The number of halogens is 2. The number of hydrogen-bond acceptors (Lipinski definition) is 2. The highest BCUT2D eigenvalue weighted by molar-refractivity contribution is 9.11. The van der Waals surface area contributed by atoms with Crippen LogP contribution in [0.5, 0.6) is 0 Å². The molecule has 150 valence electrons. The average Bonchev–Trinajstić information content (AvgIpc) is 2.79. The van der Waals surface area contributed by atoms with Gasteiger partial charge < -0.3 is 0 Å². The molecule has 0 N–H and O–H groups in total. The third-order valence-electron chi connectivity index (χ3n) is 5.50. The van der Waals surface area contributed by atoms with E-state index in [1.165, 1.54) is 16.8 Å². The summed E-state index contributed by atoms with van der Waals surface area (Å²) in [5, 5.41) is 16.3. The second-order valence-electron chi connectivity index (χ2n) is 7.25. The van der Waals surface area contributed by atoms with E-state index < -0.39 is 0 Å². The molecule has 0 radical (unpaired) electrons. The van der Waals surface area contributed by atoms with E-state index in [9.17, 15) is 10.1 Å². The van der Waals surface area contributed by atoms with Crippen LogP contribution in [0.2, 0.25) is 0 Å². The van der Waals surface area contributed by atoms with Crippen molar-refractivity contribution in [3.63, 3.8) is 0 Å². The van der Waals surface area contributed by atoms with E-state index in [2.05, 4.69) is 56.1 Å². The van der Waals surface area contributed by atoms with Crippen LogP contribution < -0.4 is 0 Å². The van der Waals surface area contributed by atoms with Gasteiger partial charge in [0, 0.05) is 20.6 Å². The van der Waals surface area contributed by atoms with Crippen LogP contribution in [-0.4, -0.2) is 4.92 Å². The fraction of sp³-hybridized carbons (Fsp3) is 0. The molecule has 0 aliphatic heterocycles. The van der Waals surface area contributed by atoms with E-state index in [1.54, 1.807) is 6.07 Å². The summed E-state index contributed by atoms with van der Waals surface area (Å²) in [6.45, 7) is 0. The summed E-state index contributed by atoms with van der Waals surface area (Å²) in [5.74, 6) is 0. The summed E-state index contributed by atoms with van der Waals surface area (Å²) >= 11 is 7.36. The normalized spacial score (nSPS) is 11.2. The van der Waals surface area contributed by atoms with E-state index >= 15 is 0 Å². The third-order valence-corrected chi connectivity index (χ3v) is 6.98. The van der Waals surface area contributed by atoms with Gasteiger partial charge in [-0.1, -0.05) is 72.8 Å². The zero-order chi connectivity index (χ0) is 21.5. The van der Waals surface area contributed by atoms with Crippen LogP contribution in [-0.2, 0) is 0 Å². The molecule has 0 amide bonds. The zero-order valence-electron chi connectivity index (χ0n) is 16.2. The first-order chi connectivity index (χ1) is 15.1. The molecule has 3 nitrogen and oxygen atoms in total. The van der Waals surface area contributed by atoms with Gasteiger partial charge >= 0.3 is 0 Å². The van der Waals surface area contributed by atoms with Crippen LogP contribution in [0.25, 0.3) is 43.8 Å². The Hall–Kier alpha value is -3.02. The first-order valence-corrected chi connectivity index (χ1v) is 11.3. The maximum Gasteiger partial charge on any atom is 0.278 e. The van der Waals surface area contributed by atoms with Gasteiger partial charge in [-0.3, -0.25) is 10.1 Å². The average molecular weight is 533 g/mol. The molecule has 0 saturated carbocycles. The Balaban J connectivity index is 1.83. The number of fused-ring (bicyclic) bond motifs is 3. The second kappa shape index (κ2) is 7.91. The minimum Gasteiger partial charge on any atom is -0.258 e. The lowest BCUT2D eigenvalue weighted by Crippen LogP contribution is -1.93. The number of nitro groups is 1. The van der Waals surface area contributed by atoms with Crippen molar-refractivity contribution in [1.82, 2.24) is 0 Å². The Morgan fingerprint density at radius 2 is 1.16 bits per heavy atom. The van der Waals surface area contributed by atoms with Crippen LogP contribution in [0.4, 0.5) is 5.69 Å². The molecule has 31 heavy (non-hydrogen) atoms. The highest BCUT2D eigenvalue weighted by atomic mass is 79.9. The molecule has 0 aliphatic carbocycles. The van der Waals surface area contributed by atoms with Crippen molar-refractivity contribution in [3.8, 4) is 22.3 Å². The van der Waals surface area contributed by atoms with E-state index in [1.807, 2.05) is 54.6 Å². The topological polar surface area (TPSA) is 43.1 Å². The van der Waals surface area contributed by atoms with Gasteiger partial charge in [-0.25, -0.2) is 0 Å². The highest BCUT2D eigenvalue weighted by Gasteiger charge is 2.20. The Morgan fingerprint density at radius 1 is 0.613 bits per heavy atom. The van der Waals surface area contributed by atoms with Crippen molar-refractivity contribution in [3.05, 3.63) is 110 Å². The predicted molar refractivity (Wildman–Crippen MR) is 134 cm³/mol. The quantitative estimate of drug-likeness (QED) is 0.132. The molecule has 0 aromatic heterocycles. The monoisotopic (exact) mass is 531 g/mol. The molecule has 0 bridgehead atoms. The van der Waals surface area contributed by atoms with Crippen LogP contribution in [0.15, 0.2) is 99.9 Å². The van der Waals surface area contributed by atoms with E-state index in [4.69, 9.17) is 0 Å². The Kier molecular flexibility index (Phi) is 5.08. The Morgan fingerprint density at radius 3 is 1.84 bits per heavy atom. The van der Waals surface area contributed by atoms with Crippen LogP contribution in [0, 0.1) is 10.1 Å². The van der Waals surface area contributed by atoms with Crippen molar-refractivity contribution < 1.29 is 4.92 Å². The minimum absolute atomic E-state index is 0.0777. The molecule has 5 aromatic rings. The Labute approximate surface area is 195 Å². The zero-order valence-corrected chi connectivity index (χ0v) is 19.4. The molecule has 0 aliphatic rings. The summed E-state index contributed by atoms with van der Waals surface area (Å²) in [7, 11) is 0. The minimum atomic E-state index is -0.339. The maximum absolute atomic E-state index is 11.7. The summed E-state index contributed by atoms with van der Waals surface area (Å²) in [6, 6.07) is 29.6. The van der Waals surface area contributed by atoms with Crippen molar-refractivity contribution in [2.24, 2.45) is 0 Å². The molecule has 0 saturated heterocycles. The molecule has 5 heteroatoms. The number of rotatable bonds is 3. The fourth-order valence-electron chi connectivity index (χ4n) is 4.16. The van der Waals surface area contributed by atoms with Crippen molar-refractivity contribution in [1.29, 1.82) is 0 Å². The first-order valence-electron chi connectivity index (χ1n) is 9.69. The van der Waals surface area contributed by atoms with Crippen LogP contribution in [0.1, 0.15) is 0 Å². The molecular formula is C26H15Br2NO2. The van der Waals surface area contributed by atoms with E-state index in [0.717, 1.165) is 31.9 Å². The highest BCUT2D eigenvalue weighted by Crippen LogP contribution is 2.44. The lowest BCUT2D eigenvalue weighted by Gasteiger charge is -2.15. The molecule has 0 heterocycles. The van der Waals surface area contributed by atoms with E-state index in [0.29, 0.717) is 10.0 Å². The van der Waals surface area contributed by atoms with Crippen LogP contribution >= 0.6 is 31.9 Å². The number of nitrogens with zero attached hydrogens (tertiary/aromatic N) is 1. The largest absolute Gasteiger partial charge is 0.278 e. The molecule has 0 atom stereocenters. The lowest BCUT2D eigenvalue weighted by atomic mass is 9.91. The molecule has 0 fully saturated rings. The molecule has 0 spiro atoms. The predicted octanol–water partition coefficient (Wildman–Crippen LogP) is 8.76.